The number of carbonyl (C=O) groups excluding carboxylic acids is 1. The van der Waals surface area contributed by atoms with Crippen molar-refractivity contribution in [1.29, 1.82) is 0 Å². The fourth-order valence-corrected chi connectivity index (χ4v) is 4.40. The fraction of sp³-hybridized carbons (Fsp3) is 0.455. The van der Waals surface area contributed by atoms with Crippen molar-refractivity contribution < 1.29 is 9.21 Å². The van der Waals surface area contributed by atoms with E-state index < -0.39 is 0 Å². The Hall–Kier alpha value is -2.76. The first-order valence-corrected chi connectivity index (χ1v) is 10.1. The Bertz CT molecular complexity index is 800. The molecule has 2 unspecified atom stereocenters. The van der Waals surface area contributed by atoms with Crippen LogP contribution in [0.1, 0.15) is 41.8 Å². The van der Waals surface area contributed by atoms with E-state index in [1.165, 1.54) is 31.9 Å². The van der Waals surface area contributed by atoms with E-state index in [1.807, 2.05) is 31.3 Å². The molecule has 0 spiro atoms. The largest absolute Gasteiger partial charge is 0.459 e. The van der Waals surface area contributed by atoms with Crippen LogP contribution in [0.2, 0.25) is 0 Å². The zero-order chi connectivity index (χ0) is 19.3. The number of aliphatic imine (C=N–C) groups is 1. The number of benzene rings is 1. The summed E-state index contributed by atoms with van der Waals surface area (Å²) in [6.45, 7) is 2.97. The van der Waals surface area contributed by atoms with Crippen LogP contribution in [-0.4, -0.2) is 36.9 Å². The summed E-state index contributed by atoms with van der Waals surface area (Å²) >= 11 is 0. The molecule has 0 bridgehead atoms. The van der Waals surface area contributed by atoms with Crippen molar-refractivity contribution in [3.05, 3.63) is 54.0 Å². The number of carbonyl (C=O) groups is 1. The quantitative estimate of drug-likeness (QED) is 0.626. The Morgan fingerprint density at radius 2 is 1.86 bits per heavy atom. The monoisotopic (exact) mass is 380 g/mol. The number of rotatable bonds is 4. The van der Waals surface area contributed by atoms with Crippen molar-refractivity contribution in [2.45, 2.75) is 32.2 Å². The number of hydrogen-bond acceptors (Lipinski definition) is 3. The highest BCUT2D eigenvalue weighted by molar-refractivity contribution is 6.02. The van der Waals surface area contributed by atoms with E-state index in [-0.39, 0.29) is 5.91 Å². The van der Waals surface area contributed by atoms with Gasteiger partial charge in [-0.15, -0.1) is 0 Å². The molecule has 1 amide bonds. The fourth-order valence-electron chi connectivity index (χ4n) is 4.40. The van der Waals surface area contributed by atoms with E-state index in [1.54, 1.807) is 12.1 Å². The van der Waals surface area contributed by atoms with Crippen LogP contribution < -0.4 is 10.6 Å². The van der Waals surface area contributed by atoms with Gasteiger partial charge in [0, 0.05) is 32.4 Å². The lowest BCUT2D eigenvalue weighted by Crippen LogP contribution is -2.39. The third-order valence-corrected chi connectivity index (χ3v) is 5.90. The molecule has 1 saturated heterocycles. The number of nitrogens with zero attached hydrogens (tertiary/aromatic N) is 2. The molecule has 1 aromatic heterocycles. The number of fused-ring (bicyclic) bond motifs is 1. The molecule has 1 aromatic carbocycles. The lowest BCUT2D eigenvalue weighted by Gasteiger charge is -2.22. The van der Waals surface area contributed by atoms with Crippen LogP contribution in [0.3, 0.4) is 0 Å². The summed E-state index contributed by atoms with van der Waals surface area (Å²) in [5.74, 6) is 2.73. The van der Waals surface area contributed by atoms with Crippen LogP contribution in [0.4, 0.5) is 5.69 Å². The van der Waals surface area contributed by atoms with Crippen LogP contribution in [0.25, 0.3) is 0 Å². The van der Waals surface area contributed by atoms with Crippen LogP contribution in [0.15, 0.2) is 52.1 Å². The van der Waals surface area contributed by atoms with Crippen molar-refractivity contribution >= 4 is 17.6 Å². The SMILES string of the molecule is CN=C(NCc1ccc(NC(=O)c2ccco2)cc1)N1CC2CCCCC2C1. The number of anilines is 1. The summed E-state index contributed by atoms with van der Waals surface area (Å²) in [7, 11) is 1.86. The Morgan fingerprint density at radius 1 is 1.14 bits per heavy atom. The number of amides is 1. The number of guanidine groups is 1. The van der Waals surface area contributed by atoms with E-state index in [4.69, 9.17) is 4.42 Å². The summed E-state index contributed by atoms with van der Waals surface area (Å²) in [4.78, 5) is 18.9. The van der Waals surface area contributed by atoms with Crippen LogP contribution in [0, 0.1) is 11.8 Å². The van der Waals surface area contributed by atoms with Crippen molar-refractivity contribution in [2.24, 2.45) is 16.8 Å². The summed E-state index contributed by atoms with van der Waals surface area (Å²) in [5, 5.41) is 6.33. The first-order chi connectivity index (χ1) is 13.7. The van der Waals surface area contributed by atoms with Gasteiger partial charge in [-0.2, -0.15) is 0 Å². The maximum absolute atomic E-state index is 12.0. The van der Waals surface area contributed by atoms with Crippen LogP contribution in [0.5, 0.6) is 0 Å². The number of nitrogens with one attached hydrogen (secondary N) is 2. The van der Waals surface area contributed by atoms with Crippen molar-refractivity contribution in [3.63, 3.8) is 0 Å². The molecule has 2 fully saturated rings. The highest BCUT2D eigenvalue weighted by Gasteiger charge is 2.35. The molecule has 6 heteroatoms. The Kier molecular flexibility index (Phi) is 5.65. The normalized spacial score (nSPS) is 22.0. The van der Waals surface area contributed by atoms with Crippen molar-refractivity contribution in [3.8, 4) is 0 Å². The third kappa shape index (κ3) is 4.21. The smallest absolute Gasteiger partial charge is 0.291 e. The molecule has 2 atom stereocenters. The minimum atomic E-state index is -0.244. The van der Waals surface area contributed by atoms with Gasteiger partial charge < -0.3 is 20.0 Å². The average Bonchev–Trinajstić information content (AvgIpc) is 3.39. The standard InChI is InChI=1S/C22H28N4O2/c1-23-22(26-14-17-5-2-3-6-18(17)15-26)24-13-16-8-10-19(11-9-16)25-21(27)20-7-4-12-28-20/h4,7-12,17-18H,2-3,5-6,13-15H2,1H3,(H,23,24)(H,25,27). The second-order valence-electron chi connectivity index (χ2n) is 7.74. The molecule has 6 nitrogen and oxygen atoms in total. The van der Waals surface area contributed by atoms with Gasteiger partial charge in [0.2, 0.25) is 0 Å². The van der Waals surface area contributed by atoms with E-state index in [0.29, 0.717) is 12.3 Å². The van der Waals surface area contributed by atoms with Gasteiger partial charge in [-0.3, -0.25) is 9.79 Å². The predicted octanol–water partition coefficient (Wildman–Crippen LogP) is 3.73. The second kappa shape index (κ2) is 8.50. The molecule has 2 heterocycles. The van der Waals surface area contributed by atoms with Gasteiger partial charge in [0.15, 0.2) is 11.7 Å². The molecule has 148 valence electrons. The highest BCUT2D eigenvalue weighted by atomic mass is 16.3. The van der Waals surface area contributed by atoms with Gasteiger partial charge in [0.1, 0.15) is 0 Å². The zero-order valence-electron chi connectivity index (χ0n) is 16.4. The van der Waals surface area contributed by atoms with E-state index in [2.05, 4.69) is 20.5 Å². The first kappa shape index (κ1) is 18.6. The molecule has 2 aromatic rings. The molecular formula is C22H28N4O2. The molecule has 1 aliphatic heterocycles. The summed E-state index contributed by atoms with van der Waals surface area (Å²) < 4.78 is 5.11. The van der Waals surface area contributed by atoms with Crippen LogP contribution in [-0.2, 0) is 6.54 Å². The zero-order valence-corrected chi connectivity index (χ0v) is 16.4. The minimum Gasteiger partial charge on any atom is -0.459 e. The minimum absolute atomic E-state index is 0.244. The number of furan rings is 1. The van der Waals surface area contributed by atoms with Gasteiger partial charge in [-0.1, -0.05) is 25.0 Å². The predicted molar refractivity (Wildman–Crippen MR) is 110 cm³/mol. The average molecular weight is 380 g/mol. The second-order valence-corrected chi connectivity index (χ2v) is 7.74. The molecule has 28 heavy (non-hydrogen) atoms. The third-order valence-electron chi connectivity index (χ3n) is 5.90. The van der Waals surface area contributed by atoms with E-state index in [9.17, 15) is 4.79 Å². The maximum Gasteiger partial charge on any atom is 0.291 e. The summed E-state index contributed by atoms with van der Waals surface area (Å²) in [6.07, 6.45) is 6.98. The molecule has 1 aliphatic carbocycles. The lowest BCUT2D eigenvalue weighted by atomic mass is 9.82. The van der Waals surface area contributed by atoms with Gasteiger partial charge in [-0.25, -0.2) is 0 Å². The molecule has 2 N–H and O–H groups in total. The van der Waals surface area contributed by atoms with Gasteiger partial charge in [0.25, 0.3) is 5.91 Å². The van der Waals surface area contributed by atoms with Crippen LogP contribution >= 0.6 is 0 Å². The number of hydrogen-bond donors (Lipinski definition) is 2. The topological polar surface area (TPSA) is 69.9 Å². The van der Waals surface area contributed by atoms with Gasteiger partial charge in [0.05, 0.1) is 6.26 Å². The van der Waals surface area contributed by atoms with Crippen molar-refractivity contribution in [1.82, 2.24) is 10.2 Å². The number of likely N-dealkylation sites (tertiary alicyclic amines) is 1. The Balaban J connectivity index is 1.30. The molecule has 4 rings (SSSR count). The summed E-state index contributed by atoms with van der Waals surface area (Å²) in [5.41, 5.74) is 1.90. The Morgan fingerprint density at radius 3 is 2.46 bits per heavy atom. The Labute approximate surface area is 166 Å². The van der Waals surface area contributed by atoms with E-state index in [0.717, 1.165) is 42.1 Å². The van der Waals surface area contributed by atoms with E-state index >= 15 is 0 Å². The van der Waals surface area contributed by atoms with Gasteiger partial charge >= 0.3 is 0 Å². The lowest BCUT2D eigenvalue weighted by molar-refractivity contribution is 0.0996. The summed E-state index contributed by atoms with van der Waals surface area (Å²) in [6, 6.07) is 11.2. The molecule has 1 saturated carbocycles. The molecule has 0 radical (unpaired) electrons. The molecular weight excluding hydrogens is 352 g/mol. The van der Waals surface area contributed by atoms with Crippen molar-refractivity contribution in [2.75, 3.05) is 25.5 Å². The highest BCUT2D eigenvalue weighted by Crippen LogP contribution is 2.35. The first-order valence-electron chi connectivity index (χ1n) is 10.1. The van der Waals surface area contributed by atoms with Gasteiger partial charge in [-0.05, 0) is 54.5 Å². The maximum atomic E-state index is 12.0. The molecule has 2 aliphatic rings.